The summed E-state index contributed by atoms with van der Waals surface area (Å²) in [5, 5.41) is 5.64. The molecular formula is C20H20BrClN2O3. The largest absolute Gasteiger partial charge is 0.485 e. The quantitative estimate of drug-likeness (QED) is 0.388. The van der Waals surface area contributed by atoms with E-state index >= 15 is 0 Å². The lowest BCUT2D eigenvalue weighted by molar-refractivity contribution is -0.140. The summed E-state index contributed by atoms with van der Waals surface area (Å²) < 4.78 is 6.55. The van der Waals surface area contributed by atoms with E-state index in [2.05, 4.69) is 33.2 Å². The van der Waals surface area contributed by atoms with Crippen LogP contribution in [-0.4, -0.2) is 28.6 Å². The summed E-state index contributed by atoms with van der Waals surface area (Å²) in [4.78, 5) is 25.3. The number of nitrogens with zero attached hydrogens (tertiary/aromatic N) is 2. The van der Waals surface area contributed by atoms with Crippen LogP contribution in [0, 0.1) is 23.7 Å². The van der Waals surface area contributed by atoms with Gasteiger partial charge in [0.1, 0.15) is 5.60 Å². The molecule has 1 aromatic carbocycles. The Labute approximate surface area is 171 Å². The van der Waals surface area contributed by atoms with Crippen LogP contribution in [0.5, 0.6) is 5.75 Å². The third-order valence-electron chi connectivity index (χ3n) is 5.20. The van der Waals surface area contributed by atoms with Crippen LogP contribution < -0.4 is 4.74 Å². The average molecular weight is 452 g/mol. The molecule has 2 bridgehead atoms. The number of carbonyl (C=O) groups is 2. The molecule has 1 aliphatic heterocycles. The SMILES string of the molecule is CC(C)(C)Oc1c(Cl)cc(C=NN2C(=O)[C@@H]3[C@H](C2=O)[C@H]2C=C[C@H]3C2)cc1Br. The summed E-state index contributed by atoms with van der Waals surface area (Å²) in [5.41, 5.74) is 0.285. The van der Waals surface area contributed by atoms with E-state index in [0.717, 1.165) is 11.4 Å². The molecule has 1 aromatic rings. The number of ether oxygens (including phenoxy) is 1. The van der Waals surface area contributed by atoms with Crippen LogP contribution in [0.3, 0.4) is 0 Å². The summed E-state index contributed by atoms with van der Waals surface area (Å²) in [7, 11) is 0. The van der Waals surface area contributed by atoms with Gasteiger partial charge in [-0.25, -0.2) is 0 Å². The number of amides is 2. The van der Waals surface area contributed by atoms with E-state index < -0.39 is 0 Å². The third kappa shape index (κ3) is 3.23. The summed E-state index contributed by atoms with van der Waals surface area (Å²) in [6.45, 7) is 5.82. The molecule has 7 heteroatoms. The molecule has 142 valence electrons. The van der Waals surface area contributed by atoms with Crippen molar-refractivity contribution < 1.29 is 14.3 Å². The normalized spacial score (nSPS) is 29.3. The van der Waals surface area contributed by atoms with Gasteiger partial charge >= 0.3 is 0 Å². The Kier molecular flexibility index (Phi) is 4.47. The predicted molar refractivity (Wildman–Crippen MR) is 107 cm³/mol. The lowest BCUT2D eigenvalue weighted by Gasteiger charge is -2.23. The molecule has 4 atom stereocenters. The first-order valence-corrected chi connectivity index (χ1v) is 10.1. The van der Waals surface area contributed by atoms with Crippen molar-refractivity contribution in [2.24, 2.45) is 28.8 Å². The van der Waals surface area contributed by atoms with Gasteiger partial charge in [0.25, 0.3) is 11.8 Å². The van der Waals surface area contributed by atoms with Crippen LogP contribution in [0.4, 0.5) is 0 Å². The van der Waals surface area contributed by atoms with E-state index in [9.17, 15) is 9.59 Å². The molecule has 0 N–H and O–H groups in total. The zero-order chi connectivity index (χ0) is 19.5. The maximum absolute atomic E-state index is 12.7. The minimum Gasteiger partial charge on any atom is -0.485 e. The Morgan fingerprint density at radius 3 is 2.30 bits per heavy atom. The molecule has 2 aliphatic carbocycles. The highest BCUT2D eigenvalue weighted by atomic mass is 79.9. The van der Waals surface area contributed by atoms with Crippen LogP contribution in [0.15, 0.2) is 33.9 Å². The van der Waals surface area contributed by atoms with E-state index in [4.69, 9.17) is 16.3 Å². The maximum atomic E-state index is 12.7. The molecule has 1 saturated carbocycles. The number of fused-ring (bicyclic) bond motifs is 5. The van der Waals surface area contributed by atoms with Gasteiger partial charge in [0.15, 0.2) is 5.75 Å². The number of halogens is 2. The highest BCUT2D eigenvalue weighted by Gasteiger charge is 2.59. The van der Waals surface area contributed by atoms with Crippen molar-refractivity contribution in [2.75, 3.05) is 0 Å². The fourth-order valence-electron chi connectivity index (χ4n) is 4.18. The average Bonchev–Trinajstić information content (AvgIpc) is 3.23. The third-order valence-corrected chi connectivity index (χ3v) is 6.07. The van der Waals surface area contributed by atoms with Crippen LogP contribution in [0.25, 0.3) is 0 Å². The smallest absolute Gasteiger partial charge is 0.254 e. The van der Waals surface area contributed by atoms with Crippen molar-refractivity contribution in [1.29, 1.82) is 0 Å². The fourth-order valence-corrected chi connectivity index (χ4v) is 5.12. The van der Waals surface area contributed by atoms with Crippen LogP contribution in [0.1, 0.15) is 32.8 Å². The standard InChI is InChI=1S/C20H20BrClN2O3/c1-20(2,3)27-17-13(21)6-10(7-14(17)22)9-23-24-18(25)15-11-4-5-12(8-11)16(15)19(24)26/h4-7,9,11-12,15-16H,8H2,1-3H3/t11-,12-,15-,16+/m0/s1. The van der Waals surface area contributed by atoms with E-state index in [1.54, 1.807) is 12.1 Å². The fraction of sp³-hybridized carbons (Fsp3) is 0.450. The van der Waals surface area contributed by atoms with Crippen LogP contribution in [-0.2, 0) is 9.59 Å². The van der Waals surface area contributed by atoms with E-state index in [0.29, 0.717) is 20.8 Å². The second kappa shape index (κ2) is 6.45. The molecule has 27 heavy (non-hydrogen) atoms. The Balaban J connectivity index is 1.55. The Hall–Kier alpha value is -1.66. The minimum atomic E-state index is -0.388. The zero-order valence-corrected chi connectivity index (χ0v) is 17.6. The minimum absolute atomic E-state index is 0.175. The molecule has 4 rings (SSSR count). The Morgan fingerprint density at radius 2 is 1.78 bits per heavy atom. The van der Waals surface area contributed by atoms with Crippen LogP contribution >= 0.6 is 27.5 Å². The highest BCUT2D eigenvalue weighted by molar-refractivity contribution is 9.10. The number of rotatable bonds is 3. The molecule has 3 aliphatic rings. The predicted octanol–water partition coefficient (Wildman–Crippen LogP) is 4.42. The van der Waals surface area contributed by atoms with Gasteiger partial charge < -0.3 is 4.74 Å². The molecular weight excluding hydrogens is 432 g/mol. The Morgan fingerprint density at radius 1 is 1.19 bits per heavy atom. The highest BCUT2D eigenvalue weighted by Crippen LogP contribution is 2.52. The number of imide groups is 1. The van der Waals surface area contributed by atoms with Crippen molar-refractivity contribution in [2.45, 2.75) is 32.8 Å². The van der Waals surface area contributed by atoms with Crippen molar-refractivity contribution in [3.05, 3.63) is 39.3 Å². The summed E-state index contributed by atoms with van der Waals surface area (Å²) in [6.07, 6.45) is 6.52. The lowest BCUT2D eigenvalue weighted by Crippen LogP contribution is -2.28. The number of allylic oxidation sites excluding steroid dienone is 2. The van der Waals surface area contributed by atoms with Crippen LogP contribution in [0.2, 0.25) is 5.02 Å². The number of benzene rings is 1. The number of hydrogen-bond acceptors (Lipinski definition) is 4. The van der Waals surface area contributed by atoms with Gasteiger partial charge in [-0.2, -0.15) is 10.1 Å². The molecule has 0 spiro atoms. The molecule has 1 heterocycles. The molecule has 1 saturated heterocycles. The van der Waals surface area contributed by atoms with Crippen molar-refractivity contribution in [3.63, 3.8) is 0 Å². The lowest BCUT2D eigenvalue weighted by atomic mass is 9.85. The van der Waals surface area contributed by atoms with Crippen molar-refractivity contribution in [3.8, 4) is 5.75 Å². The van der Waals surface area contributed by atoms with E-state index in [-0.39, 0.29) is 41.1 Å². The maximum Gasteiger partial charge on any atom is 0.254 e. The number of hydrogen-bond donors (Lipinski definition) is 0. The first-order chi connectivity index (χ1) is 12.7. The molecule has 5 nitrogen and oxygen atoms in total. The molecule has 0 radical (unpaired) electrons. The first kappa shape index (κ1) is 18.7. The number of carbonyl (C=O) groups excluding carboxylic acids is 2. The molecule has 0 unspecified atom stereocenters. The molecule has 0 aromatic heterocycles. The second-order valence-electron chi connectivity index (χ2n) is 8.26. The summed E-state index contributed by atoms with van der Waals surface area (Å²) in [6, 6.07) is 3.50. The summed E-state index contributed by atoms with van der Waals surface area (Å²) >= 11 is 9.81. The zero-order valence-electron chi connectivity index (χ0n) is 15.3. The van der Waals surface area contributed by atoms with Gasteiger partial charge in [0.05, 0.1) is 27.5 Å². The van der Waals surface area contributed by atoms with E-state index in [1.165, 1.54) is 6.21 Å². The summed E-state index contributed by atoms with van der Waals surface area (Å²) in [5.74, 6) is 0.00642. The van der Waals surface area contributed by atoms with Gasteiger partial charge in [-0.3, -0.25) is 9.59 Å². The monoisotopic (exact) mass is 450 g/mol. The van der Waals surface area contributed by atoms with Gasteiger partial charge in [0.2, 0.25) is 0 Å². The Bertz CT molecular complexity index is 837. The second-order valence-corrected chi connectivity index (χ2v) is 9.52. The van der Waals surface area contributed by atoms with E-state index in [1.807, 2.05) is 20.8 Å². The molecule has 2 fully saturated rings. The van der Waals surface area contributed by atoms with Gasteiger partial charge in [-0.1, -0.05) is 23.8 Å². The number of hydrazone groups is 1. The molecule has 2 amide bonds. The van der Waals surface area contributed by atoms with Gasteiger partial charge in [-0.05, 0) is 72.7 Å². The first-order valence-electron chi connectivity index (χ1n) is 8.94. The van der Waals surface area contributed by atoms with Gasteiger partial charge in [0, 0.05) is 0 Å². The topological polar surface area (TPSA) is 59.0 Å². The van der Waals surface area contributed by atoms with Gasteiger partial charge in [-0.15, -0.1) is 0 Å². The van der Waals surface area contributed by atoms with Crippen molar-refractivity contribution in [1.82, 2.24) is 5.01 Å². The van der Waals surface area contributed by atoms with Crippen molar-refractivity contribution >= 4 is 45.6 Å².